The van der Waals surface area contributed by atoms with Gasteiger partial charge < -0.3 is 31.1 Å². The normalized spacial score (nSPS) is 13.9. The van der Waals surface area contributed by atoms with E-state index in [1.807, 2.05) is 6.92 Å². The van der Waals surface area contributed by atoms with E-state index in [1.54, 1.807) is 24.3 Å². The van der Waals surface area contributed by atoms with Crippen LogP contribution in [0.2, 0.25) is 0 Å². The van der Waals surface area contributed by atoms with Gasteiger partial charge in [-0.05, 0) is 49.8 Å². The molecule has 1 rings (SSSR count). The Morgan fingerprint density at radius 2 is 1.46 bits per heavy atom. The van der Waals surface area contributed by atoms with Crippen LogP contribution >= 0.6 is 0 Å². The number of carboxylic acids is 2. The van der Waals surface area contributed by atoms with Crippen molar-refractivity contribution >= 4 is 29.5 Å². The molecular formula is C35H54N2O9. The lowest BCUT2D eigenvalue weighted by Crippen LogP contribution is -2.56. The largest absolute Gasteiger partial charge is 0.494 e. The monoisotopic (exact) mass is 646 g/mol. The highest BCUT2D eigenvalue weighted by molar-refractivity contribution is 5.95. The Balaban J connectivity index is 2.81. The van der Waals surface area contributed by atoms with Crippen LogP contribution in [0, 0.1) is 5.92 Å². The number of Topliss-reactive ketones (excluding diaryl/α,β-unsaturated/α-hetero) is 1. The fourth-order valence-corrected chi connectivity index (χ4v) is 5.02. The number of amides is 2. The van der Waals surface area contributed by atoms with Crippen LogP contribution in [0.15, 0.2) is 36.4 Å². The van der Waals surface area contributed by atoms with Gasteiger partial charge in [0.1, 0.15) is 17.6 Å². The van der Waals surface area contributed by atoms with Crippen LogP contribution in [0.5, 0.6) is 5.75 Å². The van der Waals surface area contributed by atoms with Crippen LogP contribution in [0.4, 0.5) is 0 Å². The summed E-state index contributed by atoms with van der Waals surface area (Å²) in [5.41, 5.74) is 2.90. The summed E-state index contributed by atoms with van der Waals surface area (Å²) < 4.78 is 5.62. The number of aliphatic carboxylic acids is 2. The van der Waals surface area contributed by atoms with E-state index in [9.17, 15) is 39.3 Å². The molecule has 46 heavy (non-hydrogen) atoms. The molecule has 2 amide bonds. The molecule has 0 aliphatic rings. The van der Waals surface area contributed by atoms with Gasteiger partial charge in [0.25, 0.3) is 0 Å². The van der Waals surface area contributed by atoms with Crippen molar-refractivity contribution in [1.29, 1.82) is 0 Å². The molecule has 0 heterocycles. The first kappa shape index (κ1) is 40.3. The third-order valence-corrected chi connectivity index (χ3v) is 7.82. The van der Waals surface area contributed by atoms with Gasteiger partial charge in [0.2, 0.25) is 11.8 Å². The van der Waals surface area contributed by atoms with Crippen molar-refractivity contribution in [3.8, 4) is 5.75 Å². The molecule has 1 aromatic carbocycles. The highest BCUT2D eigenvalue weighted by Gasteiger charge is 2.48. The molecule has 0 fully saturated rings. The molecule has 258 valence electrons. The zero-order valence-corrected chi connectivity index (χ0v) is 27.5. The Labute approximate surface area is 273 Å². The summed E-state index contributed by atoms with van der Waals surface area (Å²) in [5, 5.41) is 32.9. The second-order valence-corrected chi connectivity index (χ2v) is 11.9. The van der Waals surface area contributed by atoms with Crippen molar-refractivity contribution in [3.05, 3.63) is 42.0 Å². The summed E-state index contributed by atoms with van der Waals surface area (Å²) in [6.45, 7) is 4.75. The number of carbonyl (C=O) groups is 5. The van der Waals surface area contributed by atoms with E-state index < -0.39 is 47.7 Å². The van der Waals surface area contributed by atoms with Crippen LogP contribution < -0.4 is 15.8 Å². The number of unbranched alkanes of at least 4 members (excludes halogenated alkanes) is 9. The second kappa shape index (κ2) is 22.7. The molecule has 11 nitrogen and oxygen atoms in total. The predicted octanol–water partition coefficient (Wildman–Crippen LogP) is 5.11. The predicted molar refractivity (Wildman–Crippen MR) is 175 cm³/mol. The summed E-state index contributed by atoms with van der Waals surface area (Å²) in [5.74, 6) is -6.28. The van der Waals surface area contributed by atoms with Gasteiger partial charge in [0.05, 0.1) is 18.9 Å². The summed E-state index contributed by atoms with van der Waals surface area (Å²) in [6, 6.07) is 5.29. The van der Waals surface area contributed by atoms with E-state index in [-0.39, 0.29) is 12.2 Å². The zero-order valence-electron chi connectivity index (χ0n) is 27.5. The molecule has 1 aromatic rings. The highest BCUT2D eigenvalue weighted by atomic mass is 16.5. The lowest BCUT2D eigenvalue weighted by atomic mass is 9.82. The summed E-state index contributed by atoms with van der Waals surface area (Å²) in [4.78, 5) is 61.2. The van der Waals surface area contributed by atoms with Crippen LogP contribution in [0.25, 0.3) is 0 Å². The maximum atomic E-state index is 13.3. The van der Waals surface area contributed by atoms with E-state index in [2.05, 4.69) is 12.2 Å². The SMILES string of the molecule is CCCCCCCC(=O)CCCCCCC=C[C@H](C(=O)N[C@@H](Cc1ccc(OCCCC)cc1)C(=O)O)[C@@](O)(CC(N)=O)C(=O)O. The van der Waals surface area contributed by atoms with Gasteiger partial charge in [-0.3, -0.25) is 14.4 Å². The van der Waals surface area contributed by atoms with Crippen molar-refractivity contribution in [3.63, 3.8) is 0 Å². The number of ketones is 1. The quantitative estimate of drug-likeness (QED) is 0.0638. The summed E-state index contributed by atoms with van der Waals surface area (Å²) in [7, 11) is 0. The van der Waals surface area contributed by atoms with Crippen LogP contribution in [0.1, 0.15) is 116 Å². The Hall–Kier alpha value is -3.73. The van der Waals surface area contributed by atoms with Crippen molar-refractivity contribution < 1.29 is 44.0 Å². The van der Waals surface area contributed by atoms with Gasteiger partial charge in [-0.15, -0.1) is 0 Å². The number of nitrogens with two attached hydrogens (primary N) is 1. The van der Waals surface area contributed by atoms with Gasteiger partial charge in [0, 0.05) is 19.3 Å². The highest BCUT2D eigenvalue weighted by Crippen LogP contribution is 2.25. The van der Waals surface area contributed by atoms with Crippen molar-refractivity contribution in [2.75, 3.05) is 6.61 Å². The van der Waals surface area contributed by atoms with Crippen molar-refractivity contribution in [2.45, 2.75) is 128 Å². The first-order chi connectivity index (χ1) is 21.9. The Bertz CT molecular complexity index is 1120. The molecule has 0 unspecified atom stereocenters. The number of carbonyl (C=O) groups excluding carboxylic acids is 3. The maximum Gasteiger partial charge on any atom is 0.337 e. The fraction of sp³-hybridized carbons (Fsp3) is 0.629. The smallest absolute Gasteiger partial charge is 0.337 e. The number of hydrogen-bond acceptors (Lipinski definition) is 7. The van der Waals surface area contributed by atoms with Gasteiger partial charge in [0.15, 0.2) is 5.60 Å². The Morgan fingerprint density at radius 3 is 2.00 bits per heavy atom. The van der Waals surface area contributed by atoms with Crippen molar-refractivity contribution in [2.24, 2.45) is 11.7 Å². The number of allylic oxidation sites excluding steroid dienone is 1. The number of carboxylic acid groups (broad SMARTS) is 2. The number of primary amides is 1. The van der Waals surface area contributed by atoms with Gasteiger partial charge in [-0.2, -0.15) is 0 Å². The molecule has 0 aromatic heterocycles. The number of nitrogens with one attached hydrogen (secondary N) is 1. The molecule has 0 radical (unpaired) electrons. The number of rotatable bonds is 27. The molecule has 0 saturated carbocycles. The lowest BCUT2D eigenvalue weighted by Gasteiger charge is -2.29. The molecule has 0 spiro atoms. The Morgan fingerprint density at radius 1 is 0.870 bits per heavy atom. The lowest BCUT2D eigenvalue weighted by molar-refractivity contribution is -0.169. The summed E-state index contributed by atoms with van der Waals surface area (Å²) >= 11 is 0. The van der Waals surface area contributed by atoms with Crippen molar-refractivity contribution in [1.82, 2.24) is 5.32 Å². The van der Waals surface area contributed by atoms with Gasteiger partial charge in [-0.1, -0.05) is 83.1 Å². The van der Waals surface area contributed by atoms with E-state index >= 15 is 0 Å². The number of hydrogen-bond donors (Lipinski definition) is 5. The topological polar surface area (TPSA) is 193 Å². The molecule has 0 aliphatic carbocycles. The van der Waals surface area contributed by atoms with Crippen LogP contribution in [0.3, 0.4) is 0 Å². The Kier molecular flexibility index (Phi) is 19.9. The first-order valence-corrected chi connectivity index (χ1v) is 16.6. The maximum absolute atomic E-state index is 13.3. The first-order valence-electron chi connectivity index (χ1n) is 16.6. The average molecular weight is 647 g/mol. The molecule has 0 bridgehead atoms. The minimum Gasteiger partial charge on any atom is -0.494 e. The molecule has 0 aliphatic heterocycles. The molecule has 3 atom stereocenters. The number of ether oxygens (including phenoxy) is 1. The molecule has 0 saturated heterocycles. The average Bonchev–Trinajstić information content (AvgIpc) is 3.00. The minimum absolute atomic E-state index is 0.116. The molecule has 6 N–H and O–H groups in total. The third-order valence-electron chi connectivity index (χ3n) is 7.82. The van der Waals surface area contributed by atoms with Crippen LogP contribution in [-0.4, -0.2) is 63.1 Å². The second-order valence-electron chi connectivity index (χ2n) is 11.9. The van der Waals surface area contributed by atoms with E-state index in [0.717, 1.165) is 51.4 Å². The third kappa shape index (κ3) is 16.0. The zero-order chi connectivity index (χ0) is 34.4. The van der Waals surface area contributed by atoms with Gasteiger partial charge >= 0.3 is 11.9 Å². The number of aliphatic hydroxyl groups is 1. The fourth-order valence-electron chi connectivity index (χ4n) is 5.02. The summed E-state index contributed by atoms with van der Waals surface area (Å²) in [6.07, 6.45) is 13.7. The van der Waals surface area contributed by atoms with E-state index in [4.69, 9.17) is 10.5 Å². The number of benzene rings is 1. The standard InChI is InChI=1S/C35H54N2O9/c1-3-5-7-10-13-16-27(38)17-14-11-8-9-12-15-18-29(35(45,34(43)44)25-31(36)39)32(40)37-30(33(41)42)24-26-19-21-28(22-20-26)46-23-6-4-2/h15,18-22,29-30,45H,3-14,16-17,23-25H2,1-2H3,(H2,36,39)(H,37,40)(H,41,42)(H,43,44)/t29-,30+,35+/m1/s1. The molecule has 11 heteroatoms. The van der Waals surface area contributed by atoms with Crippen LogP contribution in [-0.2, 0) is 30.4 Å². The van der Waals surface area contributed by atoms with E-state index in [1.165, 1.54) is 25.0 Å². The minimum atomic E-state index is -2.89. The van der Waals surface area contributed by atoms with Gasteiger partial charge in [-0.25, -0.2) is 9.59 Å². The van der Waals surface area contributed by atoms with E-state index in [0.29, 0.717) is 43.6 Å². The molecular weight excluding hydrogens is 592 g/mol.